The molecule has 0 saturated carbocycles. The van der Waals surface area contributed by atoms with Crippen LogP contribution in [-0.2, 0) is 6.42 Å². The molecule has 0 amide bonds. The van der Waals surface area contributed by atoms with Crippen LogP contribution in [0.15, 0.2) is 4.42 Å². The van der Waals surface area contributed by atoms with Crippen molar-refractivity contribution in [3.8, 4) is 10.8 Å². The molecular formula is C7H7ClN4OS. The van der Waals surface area contributed by atoms with Crippen LogP contribution in [0.5, 0.6) is 0 Å². The Morgan fingerprint density at radius 2 is 2.21 bits per heavy atom. The monoisotopic (exact) mass is 230 g/mol. The quantitative estimate of drug-likeness (QED) is 0.751. The summed E-state index contributed by atoms with van der Waals surface area (Å²) in [6, 6.07) is 0. The number of hydrogen-bond acceptors (Lipinski definition) is 6. The molecule has 0 aliphatic rings. The zero-order chi connectivity index (χ0) is 9.97. The molecule has 7 heteroatoms. The van der Waals surface area contributed by atoms with Crippen molar-refractivity contribution in [2.24, 2.45) is 0 Å². The molecule has 0 unspecified atom stereocenters. The number of alkyl halides is 1. The van der Waals surface area contributed by atoms with Crippen LogP contribution in [0.4, 0.5) is 0 Å². The summed E-state index contributed by atoms with van der Waals surface area (Å²) in [6.45, 7) is 1.85. The summed E-state index contributed by atoms with van der Waals surface area (Å²) in [6.07, 6.45) is 0.583. The van der Waals surface area contributed by atoms with E-state index < -0.39 is 0 Å². The molecule has 14 heavy (non-hydrogen) atoms. The smallest absolute Gasteiger partial charge is 0.261 e. The molecule has 0 N–H and O–H groups in total. The molecular weight excluding hydrogens is 224 g/mol. The second-order valence-corrected chi connectivity index (χ2v) is 3.76. The number of aryl methyl sites for hydroxylation is 2. The van der Waals surface area contributed by atoms with Crippen molar-refractivity contribution in [2.75, 3.05) is 5.88 Å². The van der Waals surface area contributed by atoms with Crippen molar-refractivity contribution < 1.29 is 4.42 Å². The molecule has 5 nitrogen and oxygen atoms in total. The van der Waals surface area contributed by atoms with Crippen molar-refractivity contribution in [3.63, 3.8) is 0 Å². The van der Waals surface area contributed by atoms with E-state index in [4.69, 9.17) is 16.0 Å². The van der Waals surface area contributed by atoms with Crippen LogP contribution in [-0.4, -0.2) is 25.7 Å². The number of aromatic nitrogens is 4. The van der Waals surface area contributed by atoms with Gasteiger partial charge in [-0.15, -0.1) is 26.9 Å². The number of halogens is 1. The molecule has 0 aromatic carbocycles. The van der Waals surface area contributed by atoms with Gasteiger partial charge in [-0.3, -0.25) is 0 Å². The van der Waals surface area contributed by atoms with Gasteiger partial charge in [0.05, 0.1) is 5.69 Å². The molecule has 74 valence electrons. The molecule has 0 aliphatic carbocycles. The van der Waals surface area contributed by atoms with E-state index in [0.29, 0.717) is 24.1 Å². The summed E-state index contributed by atoms with van der Waals surface area (Å²) in [5.74, 6) is 1.49. The maximum atomic E-state index is 5.55. The fourth-order valence-electron chi connectivity index (χ4n) is 0.955. The van der Waals surface area contributed by atoms with Crippen LogP contribution in [0, 0.1) is 6.92 Å². The van der Waals surface area contributed by atoms with Gasteiger partial charge in [0.15, 0.2) is 0 Å². The lowest BCUT2D eigenvalue weighted by Gasteiger charge is -1.87. The summed E-state index contributed by atoms with van der Waals surface area (Å²) in [5, 5.41) is 11.6. The first kappa shape index (κ1) is 9.54. The first-order valence-electron chi connectivity index (χ1n) is 3.99. The third-order valence-corrected chi connectivity index (χ3v) is 2.63. The summed E-state index contributed by atoms with van der Waals surface area (Å²) < 4.78 is 9.16. The molecule has 0 radical (unpaired) electrons. The van der Waals surface area contributed by atoms with Crippen molar-refractivity contribution in [3.05, 3.63) is 11.6 Å². The van der Waals surface area contributed by atoms with Gasteiger partial charge in [0.1, 0.15) is 4.88 Å². The van der Waals surface area contributed by atoms with Crippen LogP contribution in [0.25, 0.3) is 10.8 Å². The maximum Gasteiger partial charge on any atom is 0.261 e. The Bertz CT molecular complexity index is 427. The van der Waals surface area contributed by atoms with Crippen LogP contribution in [0.1, 0.15) is 11.6 Å². The standard InChI is InChI=1S/C7H7ClN4OS/c1-4-6(14-12-9-4)7-11-10-5(13-7)2-3-8/h2-3H2,1H3. The van der Waals surface area contributed by atoms with Gasteiger partial charge in [-0.25, -0.2) is 0 Å². The Balaban J connectivity index is 2.29. The van der Waals surface area contributed by atoms with E-state index in [9.17, 15) is 0 Å². The maximum absolute atomic E-state index is 5.55. The highest BCUT2D eigenvalue weighted by Crippen LogP contribution is 2.23. The fraction of sp³-hybridized carbons (Fsp3) is 0.429. The normalized spacial score (nSPS) is 10.7. The number of hydrogen-bond donors (Lipinski definition) is 0. The number of rotatable bonds is 3. The van der Waals surface area contributed by atoms with E-state index in [1.165, 1.54) is 11.5 Å². The third-order valence-electron chi connectivity index (χ3n) is 1.62. The minimum atomic E-state index is 0.470. The Morgan fingerprint density at radius 3 is 2.86 bits per heavy atom. The van der Waals surface area contributed by atoms with Gasteiger partial charge in [-0.2, -0.15) is 0 Å². The van der Waals surface area contributed by atoms with E-state index in [1.54, 1.807) is 0 Å². The van der Waals surface area contributed by atoms with Crippen LogP contribution in [0.2, 0.25) is 0 Å². The van der Waals surface area contributed by atoms with E-state index in [0.717, 1.165) is 10.6 Å². The van der Waals surface area contributed by atoms with Crippen molar-refractivity contribution in [1.29, 1.82) is 0 Å². The zero-order valence-corrected chi connectivity index (χ0v) is 8.97. The highest BCUT2D eigenvalue weighted by Gasteiger charge is 2.13. The van der Waals surface area contributed by atoms with Crippen LogP contribution in [0.3, 0.4) is 0 Å². The lowest BCUT2D eigenvalue weighted by atomic mass is 10.4. The Kier molecular flexibility index (Phi) is 2.74. The predicted molar refractivity (Wildman–Crippen MR) is 52.4 cm³/mol. The van der Waals surface area contributed by atoms with E-state index in [2.05, 4.69) is 19.8 Å². The largest absolute Gasteiger partial charge is 0.420 e. The zero-order valence-electron chi connectivity index (χ0n) is 7.40. The Morgan fingerprint density at radius 1 is 1.36 bits per heavy atom. The second-order valence-electron chi connectivity index (χ2n) is 2.63. The summed E-state index contributed by atoms with van der Waals surface area (Å²) in [7, 11) is 0. The van der Waals surface area contributed by atoms with E-state index in [-0.39, 0.29) is 0 Å². The molecule has 2 heterocycles. The van der Waals surface area contributed by atoms with Gasteiger partial charge in [-0.05, 0) is 18.5 Å². The lowest BCUT2D eigenvalue weighted by molar-refractivity contribution is 0.514. The Hall–Kier alpha value is -1.01. The molecule has 0 spiro atoms. The van der Waals surface area contributed by atoms with E-state index >= 15 is 0 Å². The Labute approximate surface area is 89.3 Å². The molecule has 0 fully saturated rings. The molecule has 2 rings (SSSR count). The van der Waals surface area contributed by atoms with Gasteiger partial charge >= 0.3 is 0 Å². The minimum Gasteiger partial charge on any atom is -0.420 e. The second kappa shape index (κ2) is 4.02. The molecule has 2 aromatic heterocycles. The topological polar surface area (TPSA) is 64.7 Å². The lowest BCUT2D eigenvalue weighted by Crippen LogP contribution is -1.84. The van der Waals surface area contributed by atoms with E-state index in [1.807, 2.05) is 6.92 Å². The average molecular weight is 231 g/mol. The molecule has 0 atom stereocenters. The summed E-state index contributed by atoms with van der Waals surface area (Å²) in [4.78, 5) is 0.818. The third kappa shape index (κ3) is 1.76. The van der Waals surface area contributed by atoms with Gasteiger partial charge in [-0.1, -0.05) is 4.49 Å². The van der Waals surface area contributed by atoms with Crippen LogP contribution < -0.4 is 0 Å². The first-order chi connectivity index (χ1) is 6.81. The SMILES string of the molecule is Cc1nnsc1-c1nnc(CCCl)o1. The highest BCUT2D eigenvalue weighted by molar-refractivity contribution is 7.09. The van der Waals surface area contributed by atoms with Crippen molar-refractivity contribution in [2.45, 2.75) is 13.3 Å². The van der Waals surface area contributed by atoms with Crippen molar-refractivity contribution >= 4 is 23.1 Å². The van der Waals surface area contributed by atoms with Gasteiger partial charge in [0.25, 0.3) is 5.89 Å². The van der Waals surface area contributed by atoms with Crippen LogP contribution >= 0.6 is 23.1 Å². The molecule has 0 saturated heterocycles. The average Bonchev–Trinajstić information content (AvgIpc) is 2.74. The highest BCUT2D eigenvalue weighted by atomic mass is 35.5. The number of nitrogens with zero attached hydrogens (tertiary/aromatic N) is 4. The molecule has 2 aromatic rings. The summed E-state index contributed by atoms with van der Waals surface area (Å²) in [5.41, 5.74) is 0.802. The molecule has 0 bridgehead atoms. The first-order valence-corrected chi connectivity index (χ1v) is 5.29. The predicted octanol–water partition coefficient (Wildman–Crippen LogP) is 1.68. The molecule has 0 aliphatic heterocycles. The fourth-order valence-corrected chi connectivity index (χ4v) is 1.70. The van der Waals surface area contributed by atoms with Crippen molar-refractivity contribution in [1.82, 2.24) is 19.8 Å². The van der Waals surface area contributed by atoms with Gasteiger partial charge in [0, 0.05) is 12.3 Å². The van der Waals surface area contributed by atoms with Gasteiger partial charge in [0.2, 0.25) is 5.89 Å². The van der Waals surface area contributed by atoms with Gasteiger partial charge < -0.3 is 4.42 Å². The minimum absolute atomic E-state index is 0.470. The summed E-state index contributed by atoms with van der Waals surface area (Å²) >= 11 is 6.80.